The number of aromatic nitrogens is 1. The van der Waals surface area contributed by atoms with Gasteiger partial charge in [0.15, 0.2) is 0 Å². The van der Waals surface area contributed by atoms with Crippen LogP contribution < -0.4 is 10.2 Å². The summed E-state index contributed by atoms with van der Waals surface area (Å²) in [5.74, 6) is 0.465. The molecule has 0 saturated carbocycles. The quantitative estimate of drug-likeness (QED) is 0.935. The summed E-state index contributed by atoms with van der Waals surface area (Å²) in [6.45, 7) is 2.77. The van der Waals surface area contributed by atoms with Gasteiger partial charge in [0.25, 0.3) is 5.91 Å². The minimum absolute atomic E-state index is 0.0405. The molecule has 1 amide bonds. The lowest BCUT2D eigenvalue weighted by atomic mass is 10.1. The molecule has 4 nitrogen and oxygen atoms in total. The van der Waals surface area contributed by atoms with E-state index in [1.807, 2.05) is 6.07 Å². The topological polar surface area (TPSA) is 45.2 Å². The van der Waals surface area contributed by atoms with Crippen LogP contribution in [0.25, 0.3) is 0 Å². The molecule has 1 fully saturated rings. The maximum atomic E-state index is 12.0. The second-order valence-electron chi connectivity index (χ2n) is 5.39. The van der Waals surface area contributed by atoms with Crippen molar-refractivity contribution in [3.8, 4) is 0 Å². The average molecular weight is 281 g/mol. The van der Waals surface area contributed by atoms with Crippen LogP contribution in [-0.2, 0) is 0 Å². The first kappa shape index (κ1) is 13.6. The van der Waals surface area contributed by atoms with Crippen molar-refractivity contribution < 1.29 is 4.79 Å². The molecule has 1 unspecified atom stereocenters. The van der Waals surface area contributed by atoms with E-state index in [-0.39, 0.29) is 5.91 Å². The Kier molecular flexibility index (Phi) is 4.15. The number of amides is 1. The number of hydrogen-bond donors (Lipinski definition) is 1. The molecule has 0 radical (unpaired) electrons. The van der Waals surface area contributed by atoms with E-state index in [9.17, 15) is 4.79 Å². The normalized spacial score (nSPS) is 17.7. The SMILES string of the molecule is O=C(NCC1CCN(c2ccccc2)C1)c1cccnc1. The van der Waals surface area contributed by atoms with E-state index < -0.39 is 0 Å². The van der Waals surface area contributed by atoms with Crippen molar-refractivity contribution in [2.24, 2.45) is 5.92 Å². The van der Waals surface area contributed by atoms with Gasteiger partial charge < -0.3 is 10.2 Å². The highest BCUT2D eigenvalue weighted by molar-refractivity contribution is 5.93. The maximum absolute atomic E-state index is 12.0. The fourth-order valence-electron chi connectivity index (χ4n) is 2.71. The van der Waals surface area contributed by atoms with Gasteiger partial charge in [-0.05, 0) is 36.6 Å². The third-order valence-corrected chi connectivity index (χ3v) is 3.88. The molecular formula is C17H19N3O. The molecule has 4 heteroatoms. The molecule has 0 bridgehead atoms. The Hall–Kier alpha value is -2.36. The number of rotatable bonds is 4. The second-order valence-corrected chi connectivity index (χ2v) is 5.39. The standard InChI is InChI=1S/C17H19N3O/c21-17(15-5-4-9-18-12-15)19-11-14-8-10-20(13-14)16-6-2-1-3-7-16/h1-7,9,12,14H,8,10-11,13H2,(H,19,21). The molecule has 1 aliphatic heterocycles. The van der Waals surface area contributed by atoms with E-state index >= 15 is 0 Å². The van der Waals surface area contributed by atoms with Crippen molar-refractivity contribution in [3.63, 3.8) is 0 Å². The van der Waals surface area contributed by atoms with Crippen LogP contribution in [0, 0.1) is 5.92 Å². The lowest BCUT2D eigenvalue weighted by molar-refractivity contribution is 0.0948. The fraction of sp³-hybridized carbons (Fsp3) is 0.294. The van der Waals surface area contributed by atoms with Gasteiger partial charge in [0.2, 0.25) is 0 Å². The molecule has 0 aliphatic carbocycles. The lowest BCUT2D eigenvalue weighted by Gasteiger charge is -2.18. The van der Waals surface area contributed by atoms with E-state index in [0.717, 1.165) is 26.1 Å². The Morgan fingerprint density at radius 1 is 1.24 bits per heavy atom. The summed E-state index contributed by atoms with van der Waals surface area (Å²) in [4.78, 5) is 18.3. The third-order valence-electron chi connectivity index (χ3n) is 3.88. The van der Waals surface area contributed by atoms with Crippen molar-refractivity contribution >= 4 is 11.6 Å². The maximum Gasteiger partial charge on any atom is 0.252 e. The monoisotopic (exact) mass is 281 g/mol. The molecule has 3 rings (SSSR count). The molecule has 2 aromatic rings. The summed E-state index contributed by atoms with van der Waals surface area (Å²) in [5.41, 5.74) is 1.88. The number of pyridine rings is 1. The molecule has 1 aliphatic rings. The van der Waals surface area contributed by atoms with Crippen molar-refractivity contribution in [2.45, 2.75) is 6.42 Å². The van der Waals surface area contributed by atoms with Crippen molar-refractivity contribution in [2.75, 3.05) is 24.5 Å². The van der Waals surface area contributed by atoms with Gasteiger partial charge in [0.05, 0.1) is 5.56 Å². The minimum Gasteiger partial charge on any atom is -0.371 e. The Balaban J connectivity index is 1.50. The Morgan fingerprint density at radius 2 is 2.10 bits per heavy atom. The van der Waals surface area contributed by atoms with Gasteiger partial charge in [-0.2, -0.15) is 0 Å². The van der Waals surface area contributed by atoms with Crippen LogP contribution in [0.15, 0.2) is 54.9 Å². The lowest BCUT2D eigenvalue weighted by Crippen LogP contribution is -2.31. The van der Waals surface area contributed by atoms with Crippen LogP contribution in [0.5, 0.6) is 0 Å². The van der Waals surface area contributed by atoms with Crippen molar-refractivity contribution in [3.05, 3.63) is 60.4 Å². The van der Waals surface area contributed by atoms with Gasteiger partial charge in [-0.25, -0.2) is 0 Å². The van der Waals surface area contributed by atoms with Crippen LogP contribution in [-0.4, -0.2) is 30.5 Å². The zero-order valence-electron chi connectivity index (χ0n) is 11.9. The van der Waals surface area contributed by atoms with Crippen molar-refractivity contribution in [1.29, 1.82) is 0 Å². The van der Waals surface area contributed by atoms with Crippen LogP contribution in [0.1, 0.15) is 16.8 Å². The number of para-hydroxylation sites is 1. The largest absolute Gasteiger partial charge is 0.371 e. The Bertz CT molecular complexity index is 585. The molecule has 1 aromatic carbocycles. The van der Waals surface area contributed by atoms with E-state index in [4.69, 9.17) is 0 Å². The molecular weight excluding hydrogens is 262 g/mol. The highest BCUT2D eigenvalue weighted by atomic mass is 16.1. The number of nitrogens with zero attached hydrogens (tertiary/aromatic N) is 2. The summed E-state index contributed by atoms with van der Waals surface area (Å²) in [6, 6.07) is 14.0. The molecule has 1 saturated heterocycles. The van der Waals surface area contributed by atoms with Crippen LogP contribution in [0.4, 0.5) is 5.69 Å². The predicted molar refractivity (Wildman–Crippen MR) is 83.3 cm³/mol. The van der Waals surface area contributed by atoms with Crippen LogP contribution >= 0.6 is 0 Å². The van der Waals surface area contributed by atoms with Gasteiger partial charge in [0.1, 0.15) is 0 Å². The third kappa shape index (κ3) is 3.40. The predicted octanol–water partition coefficient (Wildman–Crippen LogP) is 2.34. The van der Waals surface area contributed by atoms with E-state index in [2.05, 4.69) is 39.5 Å². The van der Waals surface area contributed by atoms with Crippen molar-refractivity contribution in [1.82, 2.24) is 10.3 Å². The molecule has 1 aromatic heterocycles. The molecule has 2 heterocycles. The smallest absolute Gasteiger partial charge is 0.252 e. The first-order valence-electron chi connectivity index (χ1n) is 7.31. The molecule has 21 heavy (non-hydrogen) atoms. The first-order valence-corrected chi connectivity index (χ1v) is 7.31. The zero-order chi connectivity index (χ0) is 14.5. The highest BCUT2D eigenvalue weighted by Gasteiger charge is 2.23. The first-order chi connectivity index (χ1) is 10.3. The number of carbonyl (C=O) groups is 1. The van der Waals surface area contributed by atoms with E-state index in [0.29, 0.717) is 11.5 Å². The number of hydrogen-bond acceptors (Lipinski definition) is 3. The fourth-order valence-corrected chi connectivity index (χ4v) is 2.71. The van der Waals surface area contributed by atoms with Gasteiger partial charge >= 0.3 is 0 Å². The molecule has 1 N–H and O–H groups in total. The van der Waals surface area contributed by atoms with Gasteiger partial charge in [-0.1, -0.05) is 18.2 Å². The van der Waals surface area contributed by atoms with E-state index in [1.54, 1.807) is 24.5 Å². The van der Waals surface area contributed by atoms with E-state index in [1.165, 1.54) is 5.69 Å². The Labute approximate surface area is 124 Å². The summed E-state index contributed by atoms with van der Waals surface area (Å²) < 4.78 is 0. The van der Waals surface area contributed by atoms with Gasteiger partial charge in [-0.15, -0.1) is 0 Å². The summed E-state index contributed by atoms with van der Waals surface area (Å²) >= 11 is 0. The number of carbonyl (C=O) groups excluding carboxylic acids is 1. The molecule has 108 valence electrons. The Morgan fingerprint density at radius 3 is 2.86 bits per heavy atom. The summed E-state index contributed by atoms with van der Waals surface area (Å²) in [6.07, 6.45) is 4.38. The number of anilines is 1. The van der Waals surface area contributed by atoms with Crippen LogP contribution in [0.2, 0.25) is 0 Å². The molecule has 0 spiro atoms. The van der Waals surface area contributed by atoms with Gasteiger partial charge in [-0.3, -0.25) is 9.78 Å². The van der Waals surface area contributed by atoms with Gasteiger partial charge in [0, 0.05) is 37.7 Å². The second kappa shape index (κ2) is 6.39. The summed E-state index contributed by atoms with van der Waals surface area (Å²) in [5, 5.41) is 3.01. The minimum atomic E-state index is -0.0405. The number of benzene rings is 1. The number of nitrogens with one attached hydrogen (secondary N) is 1. The summed E-state index contributed by atoms with van der Waals surface area (Å²) in [7, 11) is 0. The van der Waals surface area contributed by atoms with Crippen LogP contribution in [0.3, 0.4) is 0 Å². The zero-order valence-corrected chi connectivity index (χ0v) is 11.9. The average Bonchev–Trinajstić information content (AvgIpc) is 3.03. The highest BCUT2D eigenvalue weighted by Crippen LogP contribution is 2.22. The molecule has 1 atom stereocenters.